The van der Waals surface area contributed by atoms with Crippen LogP contribution >= 0.6 is 0 Å². The van der Waals surface area contributed by atoms with E-state index < -0.39 is 40.0 Å². The van der Waals surface area contributed by atoms with Crippen molar-refractivity contribution in [3.05, 3.63) is 94.9 Å². The number of aromatic amines is 2. The minimum Gasteiger partial charge on any atom is -0.487 e. The van der Waals surface area contributed by atoms with E-state index >= 15 is 8.78 Å². The number of halogens is 4. The number of benzene rings is 3. The molecule has 1 aliphatic rings. The van der Waals surface area contributed by atoms with E-state index in [1.807, 2.05) is 39.0 Å². The van der Waals surface area contributed by atoms with Crippen LogP contribution in [0.3, 0.4) is 0 Å². The Labute approximate surface area is 256 Å². The molecule has 5 aromatic rings. The number of carbonyl (C=O) groups excluding carboxylic acids is 1. The molecule has 2 aromatic heterocycles. The van der Waals surface area contributed by atoms with Gasteiger partial charge in [0, 0.05) is 47.3 Å². The van der Waals surface area contributed by atoms with Crippen LogP contribution in [0, 0.1) is 23.3 Å². The number of H-pyrrole nitrogens is 2. The van der Waals surface area contributed by atoms with Gasteiger partial charge < -0.3 is 24.2 Å². The molecule has 3 heterocycles. The van der Waals surface area contributed by atoms with Gasteiger partial charge in [0.2, 0.25) is 11.6 Å². The third-order valence-electron chi connectivity index (χ3n) is 8.13. The molecule has 0 saturated heterocycles. The Morgan fingerprint density at radius 2 is 1.84 bits per heavy atom. The molecule has 0 amide bonds. The highest BCUT2D eigenvalue weighted by molar-refractivity contribution is 5.82. The van der Waals surface area contributed by atoms with Gasteiger partial charge in [0.05, 0.1) is 17.7 Å². The average Bonchev–Trinajstić information content (AvgIpc) is 3.69. The molecule has 0 saturated carbocycles. The molecule has 0 spiro atoms. The van der Waals surface area contributed by atoms with Gasteiger partial charge >= 0.3 is 5.97 Å². The van der Waals surface area contributed by atoms with Gasteiger partial charge in [-0.05, 0) is 63.9 Å². The second-order valence-electron chi connectivity index (χ2n) is 11.9. The molecule has 0 fully saturated rings. The first-order valence-corrected chi connectivity index (χ1v) is 14.6. The molecular formula is C34H31F4N3O4. The van der Waals surface area contributed by atoms with Crippen LogP contribution in [-0.2, 0) is 21.4 Å². The number of carbonyl (C=O) groups is 1. The summed E-state index contributed by atoms with van der Waals surface area (Å²) in [5.41, 5.74) is 0.839. The molecule has 6 rings (SSSR count). The molecule has 0 unspecified atom stereocenters. The number of nitrogens with zero attached hydrogens (tertiary/aromatic N) is 1. The van der Waals surface area contributed by atoms with Crippen LogP contribution < -0.4 is 9.47 Å². The van der Waals surface area contributed by atoms with Crippen molar-refractivity contribution in [2.45, 2.75) is 58.0 Å². The van der Waals surface area contributed by atoms with Crippen molar-refractivity contribution >= 4 is 16.9 Å². The Morgan fingerprint density at radius 1 is 1.04 bits per heavy atom. The molecule has 7 nitrogen and oxygen atoms in total. The zero-order valence-corrected chi connectivity index (χ0v) is 25.1. The summed E-state index contributed by atoms with van der Waals surface area (Å²) < 4.78 is 76.5. The summed E-state index contributed by atoms with van der Waals surface area (Å²) >= 11 is 0. The number of ether oxygens (including phenoxy) is 3. The summed E-state index contributed by atoms with van der Waals surface area (Å²) in [6, 6.07) is 10.6. The van der Waals surface area contributed by atoms with Gasteiger partial charge in [-0.2, -0.15) is 4.39 Å². The molecule has 0 aliphatic carbocycles. The third kappa shape index (κ3) is 5.40. The van der Waals surface area contributed by atoms with E-state index in [0.29, 0.717) is 30.9 Å². The number of hydrogen-bond donors (Lipinski definition) is 2. The van der Waals surface area contributed by atoms with Crippen LogP contribution in [0.5, 0.6) is 17.2 Å². The molecule has 1 aliphatic heterocycles. The van der Waals surface area contributed by atoms with Crippen molar-refractivity contribution in [1.29, 1.82) is 0 Å². The van der Waals surface area contributed by atoms with Gasteiger partial charge in [-0.1, -0.05) is 18.2 Å². The standard InChI is InChI=1S/C34H31F4N3O4/c1-5-43-25(42)12-9-18-7-6-8-22-30(18)45-33(2,3)17-34(22,4)24-16-40-32(41-24)21-15-19(10-11-23(21)35)44-31-26(36)20-13-14-39-29(20)27(37)28(31)38/h6-8,10-11,13-16,39H,5,9,12,17H2,1-4H3,(H,40,41)/t34-/m1/s1. The lowest BCUT2D eigenvalue weighted by atomic mass is 9.69. The monoisotopic (exact) mass is 621 g/mol. The first-order chi connectivity index (χ1) is 21.4. The number of rotatable bonds is 8. The molecule has 0 radical (unpaired) electrons. The Hall–Kier alpha value is -4.80. The molecule has 2 N–H and O–H groups in total. The molecule has 234 valence electrons. The zero-order chi connectivity index (χ0) is 32.1. The fraction of sp³-hybridized carbons (Fsp3) is 0.294. The van der Waals surface area contributed by atoms with Gasteiger partial charge in [0.25, 0.3) is 0 Å². The predicted molar refractivity (Wildman–Crippen MR) is 159 cm³/mol. The van der Waals surface area contributed by atoms with E-state index in [9.17, 15) is 13.6 Å². The lowest BCUT2D eigenvalue weighted by Crippen LogP contribution is -2.44. The fourth-order valence-electron chi connectivity index (χ4n) is 6.16. The summed E-state index contributed by atoms with van der Waals surface area (Å²) in [5.74, 6) is -5.07. The van der Waals surface area contributed by atoms with Crippen molar-refractivity contribution in [2.75, 3.05) is 6.61 Å². The Kier molecular flexibility index (Phi) is 7.58. The number of nitrogens with one attached hydrogen (secondary N) is 2. The summed E-state index contributed by atoms with van der Waals surface area (Å²) in [7, 11) is 0. The summed E-state index contributed by atoms with van der Waals surface area (Å²) in [5, 5.41) is -0.182. The highest BCUT2D eigenvalue weighted by Crippen LogP contribution is 2.50. The molecule has 45 heavy (non-hydrogen) atoms. The quantitative estimate of drug-likeness (QED) is 0.103. The number of imidazole rings is 1. The van der Waals surface area contributed by atoms with Crippen molar-refractivity contribution in [3.63, 3.8) is 0 Å². The van der Waals surface area contributed by atoms with Crippen LogP contribution in [-0.4, -0.2) is 33.1 Å². The van der Waals surface area contributed by atoms with Gasteiger partial charge in [0.1, 0.15) is 28.7 Å². The van der Waals surface area contributed by atoms with Gasteiger partial charge in [-0.3, -0.25) is 4.79 Å². The van der Waals surface area contributed by atoms with Crippen LogP contribution in [0.1, 0.15) is 57.4 Å². The SMILES string of the molecule is CCOC(=O)CCc1cccc2c1OC(C)(C)C[C@@]2(C)c1cnc(-c2cc(Oc3c(F)c(F)c4[nH]ccc4c3F)ccc2F)[nH]1. The lowest BCUT2D eigenvalue weighted by molar-refractivity contribution is -0.143. The summed E-state index contributed by atoms with van der Waals surface area (Å²) in [4.78, 5) is 22.2. The topological polar surface area (TPSA) is 89.2 Å². The lowest BCUT2D eigenvalue weighted by Gasteiger charge is -2.44. The van der Waals surface area contributed by atoms with E-state index in [0.717, 1.165) is 17.2 Å². The minimum absolute atomic E-state index is 0.0129. The van der Waals surface area contributed by atoms with Crippen LogP contribution in [0.25, 0.3) is 22.3 Å². The van der Waals surface area contributed by atoms with Crippen LogP contribution in [0.15, 0.2) is 54.9 Å². The van der Waals surface area contributed by atoms with Crippen molar-refractivity contribution in [2.24, 2.45) is 0 Å². The third-order valence-corrected chi connectivity index (χ3v) is 8.13. The number of hydrogen-bond acceptors (Lipinski definition) is 5. The van der Waals surface area contributed by atoms with E-state index in [1.165, 1.54) is 24.4 Å². The van der Waals surface area contributed by atoms with Gasteiger partial charge in [0.15, 0.2) is 11.6 Å². The number of aryl methyl sites for hydroxylation is 1. The van der Waals surface area contributed by atoms with Crippen molar-refractivity contribution < 1.29 is 36.6 Å². The second kappa shape index (κ2) is 11.3. The molecule has 3 aromatic carbocycles. The zero-order valence-electron chi connectivity index (χ0n) is 25.1. The summed E-state index contributed by atoms with van der Waals surface area (Å²) in [6.45, 7) is 8.05. The maximum atomic E-state index is 15.2. The first-order valence-electron chi connectivity index (χ1n) is 14.6. The van der Waals surface area contributed by atoms with Crippen LogP contribution in [0.4, 0.5) is 17.6 Å². The average molecular weight is 622 g/mol. The largest absolute Gasteiger partial charge is 0.487 e. The minimum atomic E-state index is -1.51. The van der Waals surface area contributed by atoms with Crippen LogP contribution in [0.2, 0.25) is 0 Å². The Morgan fingerprint density at radius 3 is 2.62 bits per heavy atom. The predicted octanol–water partition coefficient (Wildman–Crippen LogP) is 8.27. The molecular weight excluding hydrogens is 590 g/mol. The Bertz CT molecular complexity index is 1930. The number of fused-ring (bicyclic) bond motifs is 2. The van der Waals surface area contributed by atoms with Crippen molar-refractivity contribution in [1.82, 2.24) is 15.0 Å². The smallest absolute Gasteiger partial charge is 0.306 e. The number of para-hydroxylation sites is 1. The number of esters is 1. The van der Waals surface area contributed by atoms with Gasteiger partial charge in [-0.15, -0.1) is 0 Å². The van der Waals surface area contributed by atoms with E-state index in [2.05, 4.69) is 15.0 Å². The maximum Gasteiger partial charge on any atom is 0.306 e. The number of aromatic nitrogens is 3. The Balaban J connectivity index is 1.35. The van der Waals surface area contributed by atoms with E-state index in [4.69, 9.17) is 14.2 Å². The van der Waals surface area contributed by atoms with Crippen molar-refractivity contribution in [3.8, 4) is 28.6 Å². The summed E-state index contributed by atoms with van der Waals surface area (Å²) in [6.07, 6.45) is 4.09. The maximum absolute atomic E-state index is 15.2. The highest BCUT2D eigenvalue weighted by Gasteiger charge is 2.45. The second-order valence-corrected chi connectivity index (χ2v) is 11.9. The fourth-order valence-corrected chi connectivity index (χ4v) is 6.16. The van der Waals surface area contributed by atoms with E-state index in [1.54, 1.807) is 13.1 Å². The highest BCUT2D eigenvalue weighted by atomic mass is 19.2. The molecule has 11 heteroatoms. The van der Waals surface area contributed by atoms with Gasteiger partial charge in [-0.25, -0.2) is 18.2 Å². The molecule has 0 bridgehead atoms. The molecule has 1 atom stereocenters. The first kappa shape index (κ1) is 30.2. The van der Waals surface area contributed by atoms with E-state index in [-0.39, 0.29) is 40.4 Å². The normalized spacial score (nSPS) is 17.2.